The van der Waals surface area contributed by atoms with Gasteiger partial charge >= 0.3 is 0 Å². The Kier molecular flexibility index (Phi) is 6.13. The van der Waals surface area contributed by atoms with E-state index in [1.54, 1.807) is 6.20 Å². The lowest BCUT2D eigenvalue weighted by Crippen LogP contribution is -2.29. The molecule has 1 aromatic heterocycles. The Morgan fingerprint density at radius 2 is 1.97 bits per heavy atom. The number of fused-ring (bicyclic) bond motifs is 1. The SMILES string of the molecule is CCC(C)Nc1nccc(C2C(c3ccc(F)cc3)N=C3C=C(CN(C)C)C=CN32)n1. The molecule has 2 aromatic rings. The Morgan fingerprint density at radius 3 is 2.68 bits per heavy atom. The van der Waals surface area contributed by atoms with Crippen LogP contribution >= 0.6 is 0 Å². The molecule has 1 N–H and O–H groups in total. The number of aromatic nitrogens is 2. The van der Waals surface area contributed by atoms with E-state index in [4.69, 9.17) is 9.98 Å². The highest BCUT2D eigenvalue weighted by Crippen LogP contribution is 2.43. The molecule has 0 saturated carbocycles. The van der Waals surface area contributed by atoms with Crippen molar-refractivity contribution in [3.8, 4) is 0 Å². The summed E-state index contributed by atoms with van der Waals surface area (Å²) >= 11 is 0. The number of hydrogen-bond acceptors (Lipinski definition) is 6. The van der Waals surface area contributed by atoms with E-state index in [9.17, 15) is 4.39 Å². The molecule has 0 spiro atoms. The molecular formula is C24H29FN6. The zero-order valence-electron chi connectivity index (χ0n) is 18.5. The number of hydrogen-bond donors (Lipinski definition) is 1. The van der Waals surface area contributed by atoms with Gasteiger partial charge in [0.25, 0.3) is 0 Å². The highest BCUT2D eigenvalue weighted by Gasteiger charge is 2.38. The molecule has 0 saturated heterocycles. The summed E-state index contributed by atoms with van der Waals surface area (Å²) in [4.78, 5) is 18.5. The number of amidine groups is 1. The van der Waals surface area contributed by atoms with Crippen molar-refractivity contribution in [1.82, 2.24) is 19.8 Å². The number of benzene rings is 1. The molecule has 6 nitrogen and oxygen atoms in total. The van der Waals surface area contributed by atoms with Gasteiger partial charge in [-0.1, -0.05) is 19.1 Å². The minimum absolute atomic E-state index is 0.130. The number of rotatable bonds is 7. The number of likely N-dealkylation sites (N-methyl/N-ethyl adjacent to an activating group) is 1. The van der Waals surface area contributed by atoms with Gasteiger partial charge in [-0.25, -0.2) is 14.4 Å². The Morgan fingerprint density at radius 1 is 1.19 bits per heavy atom. The maximum absolute atomic E-state index is 13.6. The van der Waals surface area contributed by atoms with Crippen LogP contribution in [0.25, 0.3) is 0 Å². The first-order chi connectivity index (χ1) is 14.9. The Hall–Kier alpha value is -3.06. The van der Waals surface area contributed by atoms with Crippen LogP contribution in [-0.2, 0) is 0 Å². The zero-order chi connectivity index (χ0) is 22.0. The third-order valence-electron chi connectivity index (χ3n) is 5.58. The lowest BCUT2D eigenvalue weighted by Gasteiger charge is -2.29. The second-order valence-corrected chi connectivity index (χ2v) is 8.37. The average Bonchev–Trinajstić information content (AvgIpc) is 3.12. The third kappa shape index (κ3) is 4.66. The fraction of sp³-hybridized carbons (Fsp3) is 0.375. The fourth-order valence-corrected chi connectivity index (χ4v) is 3.86. The molecule has 4 rings (SSSR count). The summed E-state index contributed by atoms with van der Waals surface area (Å²) in [7, 11) is 4.10. The second kappa shape index (κ2) is 8.98. The van der Waals surface area contributed by atoms with Gasteiger partial charge < -0.3 is 15.1 Å². The maximum Gasteiger partial charge on any atom is 0.223 e. The van der Waals surface area contributed by atoms with E-state index in [0.717, 1.165) is 30.1 Å². The van der Waals surface area contributed by atoms with Crippen molar-refractivity contribution in [3.05, 3.63) is 77.5 Å². The van der Waals surface area contributed by atoms with Gasteiger partial charge in [0.05, 0.1) is 5.69 Å². The second-order valence-electron chi connectivity index (χ2n) is 8.37. The van der Waals surface area contributed by atoms with Crippen LogP contribution in [0.4, 0.5) is 10.3 Å². The molecular weight excluding hydrogens is 391 g/mol. The Balaban J connectivity index is 1.72. The predicted molar refractivity (Wildman–Crippen MR) is 122 cm³/mol. The molecule has 3 heterocycles. The molecule has 0 amide bonds. The molecule has 0 radical (unpaired) electrons. The largest absolute Gasteiger partial charge is 0.352 e. The molecule has 1 aromatic carbocycles. The minimum atomic E-state index is -0.251. The third-order valence-corrected chi connectivity index (χ3v) is 5.58. The minimum Gasteiger partial charge on any atom is -0.352 e. The smallest absolute Gasteiger partial charge is 0.223 e. The molecule has 2 aliphatic rings. The summed E-state index contributed by atoms with van der Waals surface area (Å²) in [5, 5.41) is 3.35. The van der Waals surface area contributed by atoms with E-state index in [1.807, 2.05) is 32.3 Å². The molecule has 0 aliphatic carbocycles. The van der Waals surface area contributed by atoms with Gasteiger partial charge in [-0.05, 0) is 68.9 Å². The van der Waals surface area contributed by atoms with E-state index in [2.05, 4.69) is 52.3 Å². The summed E-state index contributed by atoms with van der Waals surface area (Å²) in [5.41, 5.74) is 3.03. The van der Waals surface area contributed by atoms with Crippen molar-refractivity contribution in [3.63, 3.8) is 0 Å². The van der Waals surface area contributed by atoms with Gasteiger partial charge in [-0.2, -0.15) is 0 Å². The van der Waals surface area contributed by atoms with Gasteiger partial charge in [-0.15, -0.1) is 0 Å². The summed E-state index contributed by atoms with van der Waals surface area (Å²) in [6.07, 6.45) is 9.09. The van der Waals surface area contributed by atoms with Crippen LogP contribution in [0.15, 0.2) is 65.4 Å². The summed E-state index contributed by atoms with van der Waals surface area (Å²) < 4.78 is 13.6. The van der Waals surface area contributed by atoms with Gasteiger partial charge in [0.15, 0.2) is 0 Å². The van der Waals surface area contributed by atoms with Gasteiger partial charge in [0, 0.05) is 25.0 Å². The van der Waals surface area contributed by atoms with Crippen molar-refractivity contribution in [2.45, 2.75) is 38.4 Å². The summed E-state index contributed by atoms with van der Waals surface area (Å²) in [6.45, 7) is 5.07. The van der Waals surface area contributed by atoms with Crippen LogP contribution in [0.1, 0.15) is 43.6 Å². The first kappa shape index (κ1) is 21.2. The van der Waals surface area contributed by atoms with E-state index >= 15 is 0 Å². The summed E-state index contributed by atoms with van der Waals surface area (Å²) in [6, 6.07) is 8.49. The molecule has 3 unspecified atom stereocenters. The highest BCUT2D eigenvalue weighted by atomic mass is 19.1. The topological polar surface area (TPSA) is 56.7 Å². The van der Waals surface area contributed by atoms with E-state index in [0.29, 0.717) is 5.95 Å². The average molecular weight is 421 g/mol. The molecule has 0 bridgehead atoms. The van der Waals surface area contributed by atoms with Gasteiger partial charge in [-0.3, -0.25) is 4.99 Å². The molecule has 2 aliphatic heterocycles. The Labute approximate surface area is 183 Å². The van der Waals surface area contributed by atoms with Crippen molar-refractivity contribution >= 4 is 11.8 Å². The number of anilines is 1. The van der Waals surface area contributed by atoms with Crippen LogP contribution in [-0.4, -0.2) is 52.3 Å². The summed E-state index contributed by atoms with van der Waals surface area (Å²) in [5.74, 6) is 1.26. The quantitative estimate of drug-likeness (QED) is 0.722. The van der Waals surface area contributed by atoms with Crippen molar-refractivity contribution in [2.75, 3.05) is 26.0 Å². The van der Waals surface area contributed by atoms with E-state index in [1.165, 1.54) is 17.7 Å². The molecule has 3 atom stereocenters. The van der Waals surface area contributed by atoms with Crippen LogP contribution in [0.3, 0.4) is 0 Å². The lowest BCUT2D eigenvalue weighted by atomic mass is 9.97. The van der Waals surface area contributed by atoms with Crippen molar-refractivity contribution < 1.29 is 4.39 Å². The predicted octanol–water partition coefficient (Wildman–Crippen LogP) is 4.34. The van der Waals surface area contributed by atoms with Crippen LogP contribution in [0, 0.1) is 5.82 Å². The molecule has 7 heteroatoms. The van der Waals surface area contributed by atoms with Crippen molar-refractivity contribution in [1.29, 1.82) is 0 Å². The molecule has 162 valence electrons. The first-order valence-electron chi connectivity index (χ1n) is 10.7. The normalized spacial score (nSPS) is 21.0. The molecule has 0 fully saturated rings. The number of aliphatic imine (C=N–C) groups is 1. The van der Waals surface area contributed by atoms with E-state index < -0.39 is 0 Å². The van der Waals surface area contributed by atoms with Gasteiger partial charge in [0.2, 0.25) is 5.95 Å². The monoisotopic (exact) mass is 420 g/mol. The molecule has 31 heavy (non-hydrogen) atoms. The number of nitrogens with zero attached hydrogens (tertiary/aromatic N) is 5. The standard InChI is InChI=1S/C24H29FN6/c1-5-16(2)27-24-26-12-10-20(28-24)23-22(18-6-8-19(25)9-7-18)29-21-14-17(15-30(3)4)11-13-31(21)23/h6-14,16,22-23H,5,15H2,1-4H3,(H,26,27,28). The first-order valence-corrected chi connectivity index (χ1v) is 10.7. The maximum atomic E-state index is 13.6. The highest BCUT2D eigenvalue weighted by molar-refractivity contribution is 5.97. The fourth-order valence-electron chi connectivity index (χ4n) is 3.86. The Bertz CT molecular complexity index is 1010. The van der Waals surface area contributed by atoms with Crippen LogP contribution in [0.2, 0.25) is 0 Å². The van der Waals surface area contributed by atoms with Crippen LogP contribution < -0.4 is 5.32 Å². The number of halogens is 1. The lowest BCUT2D eigenvalue weighted by molar-refractivity contribution is 0.384. The van der Waals surface area contributed by atoms with E-state index in [-0.39, 0.29) is 23.9 Å². The van der Waals surface area contributed by atoms with Gasteiger partial charge in [0.1, 0.15) is 23.7 Å². The number of nitrogens with one attached hydrogen (secondary N) is 1. The van der Waals surface area contributed by atoms with Crippen molar-refractivity contribution in [2.24, 2.45) is 4.99 Å². The zero-order valence-corrected chi connectivity index (χ0v) is 18.5. The van der Waals surface area contributed by atoms with Crippen LogP contribution in [0.5, 0.6) is 0 Å².